The second-order valence-electron chi connectivity index (χ2n) is 3.99. The minimum atomic E-state index is 0.596. The number of hydrogen-bond acceptors (Lipinski definition) is 2. The van der Waals surface area contributed by atoms with Crippen molar-refractivity contribution >= 4 is 11.6 Å². The first kappa shape index (κ1) is 11.0. The quantitative estimate of drug-likeness (QED) is 0.289. The van der Waals surface area contributed by atoms with Crippen LogP contribution in [0.3, 0.4) is 0 Å². The molecule has 0 saturated heterocycles. The van der Waals surface area contributed by atoms with Crippen LogP contribution in [0.15, 0.2) is 23.2 Å². The molecule has 0 amide bonds. The molecule has 1 aliphatic carbocycles. The Morgan fingerprint density at radius 3 is 2.88 bits per heavy atom. The maximum absolute atomic E-state index is 5.36. The average molecular weight is 218 g/mol. The summed E-state index contributed by atoms with van der Waals surface area (Å²) in [5, 5.41) is 3.22. The molecule has 0 saturated carbocycles. The number of anilines is 1. The number of hydrazine groups is 1. The maximum Gasteiger partial charge on any atom is 0.209 e. The largest absolute Gasteiger partial charge is 0.325 e. The van der Waals surface area contributed by atoms with E-state index in [1.54, 1.807) is 7.05 Å². The van der Waals surface area contributed by atoms with Gasteiger partial charge >= 0.3 is 0 Å². The zero-order chi connectivity index (χ0) is 11.4. The van der Waals surface area contributed by atoms with Crippen molar-refractivity contribution in [3.63, 3.8) is 0 Å². The highest BCUT2D eigenvalue weighted by atomic mass is 15.3. The van der Waals surface area contributed by atoms with E-state index in [9.17, 15) is 0 Å². The number of aryl methyl sites for hydroxylation is 1. The van der Waals surface area contributed by atoms with Crippen molar-refractivity contribution in [3.8, 4) is 0 Å². The fraction of sp³-hybridized carbons (Fsp3) is 0.417. The summed E-state index contributed by atoms with van der Waals surface area (Å²) in [6, 6.07) is 6.36. The monoisotopic (exact) mass is 218 g/mol. The Morgan fingerprint density at radius 2 is 2.12 bits per heavy atom. The van der Waals surface area contributed by atoms with Gasteiger partial charge in [-0.2, -0.15) is 0 Å². The molecule has 0 fully saturated rings. The lowest BCUT2D eigenvalue weighted by atomic mass is 9.90. The molecule has 0 atom stereocenters. The van der Waals surface area contributed by atoms with Crippen molar-refractivity contribution in [2.45, 2.75) is 25.7 Å². The van der Waals surface area contributed by atoms with E-state index in [2.05, 4.69) is 33.9 Å². The van der Waals surface area contributed by atoms with Gasteiger partial charge < -0.3 is 5.32 Å². The third kappa shape index (κ3) is 2.17. The van der Waals surface area contributed by atoms with Crippen molar-refractivity contribution in [2.24, 2.45) is 10.8 Å². The SMILES string of the molecule is CN=C(NN)Nc1cccc2c1CCCC2. The van der Waals surface area contributed by atoms with E-state index in [4.69, 9.17) is 5.84 Å². The minimum absolute atomic E-state index is 0.596. The van der Waals surface area contributed by atoms with Gasteiger partial charge in [-0.3, -0.25) is 10.4 Å². The fourth-order valence-electron chi connectivity index (χ4n) is 2.18. The van der Waals surface area contributed by atoms with Gasteiger partial charge in [0.25, 0.3) is 0 Å². The molecule has 1 aromatic carbocycles. The van der Waals surface area contributed by atoms with Crippen LogP contribution in [0.1, 0.15) is 24.0 Å². The molecule has 16 heavy (non-hydrogen) atoms. The van der Waals surface area contributed by atoms with Gasteiger partial charge in [0.05, 0.1) is 0 Å². The van der Waals surface area contributed by atoms with E-state index in [0.29, 0.717) is 5.96 Å². The lowest BCUT2D eigenvalue weighted by Gasteiger charge is -2.20. The van der Waals surface area contributed by atoms with Gasteiger partial charge in [0, 0.05) is 12.7 Å². The predicted molar refractivity (Wildman–Crippen MR) is 67.4 cm³/mol. The lowest BCUT2D eigenvalue weighted by Crippen LogP contribution is -2.36. The highest BCUT2D eigenvalue weighted by Crippen LogP contribution is 2.27. The third-order valence-electron chi connectivity index (χ3n) is 3.01. The minimum Gasteiger partial charge on any atom is -0.325 e. The summed E-state index contributed by atoms with van der Waals surface area (Å²) in [7, 11) is 1.71. The lowest BCUT2D eigenvalue weighted by molar-refractivity contribution is 0.687. The Balaban J connectivity index is 2.27. The number of fused-ring (bicyclic) bond motifs is 1. The molecule has 0 unspecified atom stereocenters. The molecular formula is C12H18N4. The summed E-state index contributed by atoms with van der Waals surface area (Å²) in [5.41, 5.74) is 6.52. The Bertz CT molecular complexity index is 398. The molecule has 0 aliphatic heterocycles. The number of nitrogens with zero attached hydrogens (tertiary/aromatic N) is 1. The maximum atomic E-state index is 5.36. The number of guanidine groups is 1. The van der Waals surface area contributed by atoms with Gasteiger partial charge in [0.15, 0.2) is 0 Å². The van der Waals surface area contributed by atoms with Crippen LogP contribution in [-0.4, -0.2) is 13.0 Å². The second-order valence-corrected chi connectivity index (χ2v) is 3.99. The second kappa shape index (κ2) is 4.99. The molecule has 0 radical (unpaired) electrons. The number of rotatable bonds is 1. The van der Waals surface area contributed by atoms with E-state index in [0.717, 1.165) is 12.1 Å². The highest BCUT2D eigenvalue weighted by molar-refractivity contribution is 5.94. The van der Waals surface area contributed by atoms with Crippen LogP contribution in [-0.2, 0) is 12.8 Å². The van der Waals surface area contributed by atoms with Crippen LogP contribution in [0.4, 0.5) is 5.69 Å². The van der Waals surface area contributed by atoms with Crippen LogP contribution in [0.2, 0.25) is 0 Å². The van der Waals surface area contributed by atoms with Crippen LogP contribution in [0, 0.1) is 0 Å². The van der Waals surface area contributed by atoms with Gasteiger partial charge in [0.1, 0.15) is 0 Å². The molecule has 4 nitrogen and oxygen atoms in total. The first-order valence-electron chi connectivity index (χ1n) is 5.66. The summed E-state index contributed by atoms with van der Waals surface area (Å²) in [4.78, 5) is 4.02. The molecule has 2 rings (SSSR count). The van der Waals surface area contributed by atoms with E-state index >= 15 is 0 Å². The molecule has 1 aliphatic rings. The molecule has 0 heterocycles. The van der Waals surface area contributed by atoms with Gasteiger partial charge in [0.2, 0.25) is 5.96 Å². The molecular weight excluding hydrogens is 200 g/mol. The zero-order valence-corrected chi connectivity index (χ0v) is 9.59. The van der Waals surface area contributed by atoms with Crippen molar-refractivity contribution in [2.75, 3.05) is 12.4 Å². The summed E-state index contributed by atoms with van der Waals surface area (Å²) in [6.45, 7) is 0. The summed E-state index contributed by atoms with van der Waals surface area (Å²) in [6.07, 6.45) is 4.88. The number of nitrogens with one attached hydrogen (secondary N) is 2. The Labute approximate surface area is 95.9 Å². The first-order chi connectivity index (χ1) is 7.85. The Morgan fingerprint density at radius 1 is 1.31 bits per heavy atom. The number of aliphatic imine (C=N–C) groups is 1. The number of nitrogens with two attached hydrogens (primary N) is 1. The zero-order valence-electron chi connectivity index (χ0n) is 9.59. The molecule has 1 aromatic rings. The van der Waals surface area contributed by atoms with Crippen LogP contribution in [0.5, 0.6) is 0 Å². The molecule has 0 spiro atoms. The molecule has 0 bridgehead atoms. The fourth-order valence-corrected chi connectivity index (χ4v) is 2.18. The standard InChI is InChI=1S/C12H18N4/c1-14-12(16-13)15-11-8-4-6-9-5-2-3-7-10(9)11/h4,6,8H,2-3,5,7,13H2,1H3,(H2,14,15,16). The molecule has 86 valence electrons. The van der Waals surface area contributed by atoms with Gasteiger partial charge in [-0.05, 0) is 42.9 Å². The Hall–Kier alpha value is -1.55. The highest BCUT2D eigenvalue weighted by Gasteiger charge is 2.13. The van der Waals surface area contributed by atoms with Crippen molar-refractivity contribution in [1.82, 2.24) is 5.43 Å². The van der Waals surface area contributed by atoms with Crippen molar-refractivity contribution < 1.29 is 0 Å². The van der Waals surface area contributed by atoms with Crippen molar-refractivity contribution in [1.29, 1.82) is 0 Å². The van der Waals surface area contributed by atoms with E-state index < -0.39 is 0 Å². The number of benzene rings is 1. The normalized spacial score (nSPS) is 15.5. The third-order valence-corrected chi connectivity index (χ3v) is 3.01. The van der Waals surface area contributed by atoms with Crippen LogP contribution >= 0.6 is 0 Å². The smallest absolute Gasteiger partial charge is 0.209 e. The summed E-state index contributed by atoms with van der Waals surface area (Å²) < 4.78 is 0. The Kier molecular flexibility index (Phi) is 3.41. The molecule has 0 aromatic heterocycles. The van der Waals surface area contributed by atoms with Crippen LogP contribution < -0.4 is 16.6 Å². The average Bonchev–Trinajstić information content (AvgIpc) is 2.36. The van der Waals surface area contributed by atoms with E-state index in [-0.39, 0.29) is 0 Å². The van der Waals surface area contributed by atoms with E-state index in [1.807, 2.05) is 0 Å². The molecule has 4 N–H and O–H groups in total. The first-order valence-corrected chi connectivity index (χ1v) is 5.66. The summed E-state index contributed by atoms with van der Waals surface area (Å²) in [5.74, 6) is 5.96. The number of hydrogen-bond donors (Lipinski definition) is 3. The topological polar surface area (TPSA) is 62.4 Å². The van der Waals surface area contributed by atoms with Gasteiger partial charge in [-0.1, -0.05) is 12.1 Å². The van der Waals surface area contributed by atoms with E-state index in [1.165, 1.54) is 30.4 Å². The van der Waals surface area contributed by atoms with Crippen LogP contribution in [0.25, 0.3) is 0 Å². The van der Waals surface area contributed by atoms with Crippen molar-refractivity contribution in [3.05, 3.63) is 29.3 Å². The summed E-state index contributed by atoms with van der Waals surface area (Å²) >= 11 is 0. The molecule has 4 heteroatoms. The van der Waals surface area contributed by atoms with Gasteiger partial charge in [-0.25, -0.2) is 5.84 Å². The van der Waals surface area contributed by atoms with Gasteiger partial charge in [-0.15, -0.1) is 0 Å². The predicted octanol–water partition coefficient (Wildman–Crippen LogP) is 1.43.